The van der Waals surface area contributed by atoms with E-state index < -0.39 is 72.5 Å². The van der Waals surface area contributed by atoms with Gasteiger partial charge < -0.3 is 55.9 Å². The number of anilines is 2. The van der Waals surface area contributed by atoms with Gasteiger partial charge in [-0.25, -0.2) is 37.4 Å². The van der Waals surface area contributed by atoms with Crippen molar-refractivity contribution in [1.29, 1.82) is 0 Å². The maximum atomic E-state index is 16.6. The third-order valence-electron chi connectivity index (χ3n) is 10.2. The van der Waals surface area contributed by atoms with Gasteiger partial charge >= 0.3 is 11.9 Å². The topological polar surface area (TPSA) is 285 Å². The molecule has 19 nitrogen and oxygen atoms in total. The van der Waals surface area contributed by atoms with Gasteiger partial charge in [-0.1, -0.05) is 36.4 Å². The molecule has 2 fully saturated rings. The number of halogens is 2. The number of alkyl halides is 2. The molecule has 0 spiro atoms. The van der Waals surface area contributed by atoms with Gasteiger partial charge in [0.2, 0.25) is 17.2 Å². The highest BCUT2D eigenvalue weighted by Crippen LogP contribution is 2.50. The lowest BCUT2D eigenvalue weighted by molar-refractivity contribution is -0.256. The molecule has 2 aliphatic heterocycles. The molecule has 0 bridgehead atoms. The number of benzene rings is 2. The lowest BCUT2D eigenvalue weighted by atomic mass is 9.89. The molecule has 0 radical (unpaired) electrons. The summed E-state index contributed by atoms with van der Waals surface area (Å²) in [5.41, 5.74) is 7.25. The summed E-state index contributed by atoms with van der Waals surface area (Å²) in [6, 6.07) is 21.9. The van der Waals surface area contributed by atoms with E-state index in [0.29, 0.717) is 11.0 Å². The Morgan fingerprint density at radius 2 is 1.18 bits per heavy atom. The van der Waals surface area contributed by atoms with Crippen LogP contribution in [0.2, 0.25) is 0 Å². The molecular formula is C39H42F2N8O11. The fraction of sp³-hybridized carbons (Fsp3) is 0.333. The van der Waals surface area contributed by atoms with Gasteiger partial charge in [0.1, 0.15) is 60.0 Å². The monoisotopic (exact) mass is 836 g/mol. The van der Waals surface area contributed by atoms with Crippen molar-refractivity contribution < 1.29 is 62.8 Å². The van der Waals surface area contributed by atoms with Crippen molar-refractivity contribution in [2.45, 2.75) is 61.2 Å². The Morgan fingerprint density at radius 3 is 1.65 bits per heavy atom. The highest BCUT2D eigenvalue weighted by atomic mass is 19.1. The zero-order valence-corrected chi connectivity index (χ0v) is 32.2. The van der Waals surface area contributed by atoms with Crippen LogP contribution in [0.1, 0.15) is 46.0 Å². The first-order chi connectivity index (χ1) is 28.5. The molecule has 318 valence electrons. The fourth-order valence-corrected chi connectivity index (χ4v) is 6.94. The molecule has 8 atom stereocenters. The van der Waals surface area contributed by atoms with Crippen molar-refractivity contribution in [3.63, 3.8) is 0 Å². The van der Waals surface area contributed by atoms with Gasteiger partial charge in [-0.2, -0.15) is 10.2 Å². The lowest BCUT2D eigenvalue weighted by Gasteiger charge is -2.32. The number of rotatable bonds is 8. The van der Waals surface area contributed by atoms with Gasteiger partial charge in [-0.05, 0) is 62.4 Å². The van der Waals surface area contributed by atoms with E-state index in [1.54, 1.807) is 48.5 Å². The van der Waals surface area contributed by atoms with E-state index in [-0.39, 0.29) is 34.2 Å². The summed E-state index contributed by atoms with van der Waals surface area (Å²) in [5.74, 6) is -6.42. The van der Waals surface area contributed by atoms with E-state index >= 15 is 4.39 Å². The zero-order valence-electron chi connectivity index (χ0n) is 32.2. The molecule has 4 aromatic heterocycles. The van der Waals surface area contributed by atoms with Crippen LogP contribution in [-0.2, 0) is 30.5 Å². The van der Waals surface area contributed by atoms with Crippen LogP contribution in [-0.4, -0.2) is 123 Å². The second-order valence-electron chi connectivity index (χ2n) is 13.9. The van der Waals surface area contributed by atoms with E-state index in [2.05, 4.69) is 20.2 Å². The maximum Gasteiger partial charge on any atom is 0.338 e. The third kappa shape index (κ3) is 7.36. The van der Waals surface area contributed by atoms with Crippen molar-refractivity contribution in [2.24, 2.45) is 0 Å². The molecule has 2 aromatic carbocycles. The number of hydrogen-bond acceptors (Lipinski definition) is 17. The van der Waals surface area contributed by atoms with Crippen molar-refractivity contribution in [2.75, 3.05) is 31.8 Å². The fourth-order valence-electron chi connectivity index (χ4n) is 6.94. The van der Waals surface area contributed by atoms with Crippen LogP contribution < -0.4 is 11.5 Å². The smallest absolute Gasteiger partial charge is 0.338 e. The predicted molar refractivity (Wildman–Crippen MR) is 205 cm³/mol. The average Bonchev–Trinajstić information content (AvgIpc) is 3.99. The van der Waals surface area contributed by atoms with Gasteiger partial charge in [0.15, 0.2) is 23.4 Å². The quantitative estimate of drug-likeness (QED) is 0.106. The van der Waals surface area contributed by atoms with Crippen molar-refractivity contribution in [3.8, 4) is 0 Å². The molecule has 2 unspecified atom stereocenters. The number of nitrogen functional groups attached to an aromatic ring is 2. The second kappa shape index (κ2) is 16.8. The first-order valence-corrected chi connectivity index (χ1v) is 18.1. The zero-order chi connectivity index (χ0) is 43.6. The van der Waals surface area contributed by atoms with Crippen LogP contribution >= 0.6 is 0 Å². The molecule has 0 saturated carbocycles. The minimum Gasteiger partial charge on any atom is -0.459 e. The molecule has 6 heterocycles. The molecule has 21 heteroatoms. The number of aromatic nitrogens is 6. The van der Waals surface area contributed by atoms with E-state index in [4.69, 9.17) is 40.6 Å². The Hall–Kier alpha value is -6.20. The summed E-state index contributed by atoms with van der Waals surface area (Å²) in [7, 11) is 1.00. The Morgan fingerprint density at radius 1 is 0.733 bits per heavy atom. The SMILES string of the molecule is CO.C[C@@]1(F)[C@H](O)[C@@H](CO)OC1(O)c1ccc2c(N)ncnn12.C[C@@]1(F)[C@H](OC(=O)c2ccccc2)[C@@H](COC(=O)c2ccccc2)OC1(O)c1ccc2c(N)ncnn12. The number of carbonyl (C=O) groups excluding carboxylic acids is 2. The van der Waals surface area contributed by atoms with Crippen LogP contribution in [0.4, 0.5) is 20.4 Å². The van der Waals surface area contributed by atoms with Crippen molar-refractivity contribution in [3.05, 3.63) is 120 Å². The van der Waals surface area contributed by atoms with Gasteiger partial charge in [0.05, 0.1) is 17.7 Å². The number of nitrogens with zero attached hydrogens (tertiary/aromatic N) is 6. The molecule has 60 heavy (non-hydrogen) atoms. The standard InChI is InChI=1S/C26H23FN4O6.C12H15FN4O4.CH4O/c1-25(27)21(36-24(33)17-10-6-3-7-11-17)19(14-35-23(32)16-8-4-2-5-9-16)37-26(25,34)20-13-12-18-22(28)29-15-30-31(18)20;1-11(13)9(19)7(4-18)21-12(11,20)8-3-2-6-10(14)15-5-16-17(6)8;1-2/h2-13,15,19,21,34H,14H2,1H3,(H2,28,29,30);2-3,5,7,9,18-20H,4H2,1H3,(H2,14,15,16);2H,1H3/t19-,21-,25-,26?;7-,9-,11-,12?;/m11./s1. The van der Waals surface area contributed by atoms with Crippen molar-refractivity contribution in [1.82, 2.24) is 29.2 Å². The summed E-state index contributed by atoms with van der Waals surface area (Å²) in [5, 5.41) is 56.3. The molecular weight excluding hydrogens is 794 g/mol. The molecule has 0 aliphatic carbocycles. The molecule has 9 N–H and O–H groups in total. The Labute approximate surface area is 339 Å². The van der Waals surface area contributed by atoms with Crippen LogP contribution in [0.25, 0.3) is 11.0 Å². The number of nitrogens with two attached hydrogens (primary N) is 2. The number of fused-ring (bicyclic) bond motifs is 2. The molecule has 0 amide bonds. The molecule has 2 saturated heterocycles. The number of esters is 2. The normalized spacial score (nSPS) is 28.4. The van der Waals surface area contributed by atoms with Gasteiger partial charge in [0, 0.05) is 7.11 Å². The van der Waals surface area contributed by atoms with E-state index in [1.807, 2.05) is 0 Å². The van der Waals surface area contributed by atoms with Gasteiger partial charge in [0.25, 0.3) is 0 Å². The second-order valence-corrected chi connectivity index (χ2v) is 13.9. The number of ether oxygens (including phenoxy) is 4. The van der Waals surface area contributed by atoms with Crippen LogP contribution in [0.15, 0.2) is 97.6 Å². The third-order valence-corrected chi connectivity index (χ3v) is 10.2. The van der Waals surface area contributed by atoms with Crippen LogP contribution in [0, 0.1) is 0 Å². The minimum absolute atomic E-state index is 0.0494. The molecule has 6 aromatic rings. The Balaban J connectivity index is 0.000000222. The first-order valence-electron chi connectivity index (χ1n) is 18.1. The number of hydrogen-bond donors (Lipinski definition) is 7. The predicted octanol–water partition coefficient (Wildman–Crippen LogP) is 1.21. The van der Waals surface area contributed by atoms with Crippen molar-refractivity contribution >= 4 is 34.6 Å². The maximum absolute atomic E-state index is 16.6. The lowest BCUT2D eigenvalue weighted by Crippen LogP contribution is -2.51. The van der Waals surface area contributed by atoms with Gasteiger partial charge in [-0.3, -0.25) is 0 Å². The average molecular weight is 837 g/mol. The minimum atomic E-state index is -2.71. The largest absolute Gasteiger partial charge is 0.459 e. The summed E-state index contributed by atoms with van der Waals surface area (Å²) in [4.78, 5) is 33.1. The van der Waals surface area contributed by atoms with E-state index in [1.165, 1.54) is 45.4 Å². The Bertz CT molecular complexity index is 2460. The van der Waals surface area contributed by atoms with Gasteiger partial charge in [-0.15, -0.1) is 0 Å². The highest BCUT2D eigenvalue weighted by molar-refractivity contribution is 5.90. The van der Waals surface area contributed by atoms with E-state index in [9.17, 15) is 29.3 Å². The van der Waals surface area contributed by atoms with E-state index in [0.717, 1.165) is 33.6 Å². The Kier molecular flexibility index (Phi) is 12.2. The van der Waals surface area contributed by atoms with Crippen LogP contribution in [0.3, 0.4) is 0 Å². The van der Waals surface area contributed by atoms with Crippen LogP contribution in [0.5, 0.6) is 0 Å². The molecule has 2 aliphatic rings. The summed E-state index contributed by atoms with van der Waals surface area (Å²) in [6.45, 7) is 0.891. The summed E-state index contributed by atoms with van der Waals surface area (Å²) >= 11 is 0. The first kappa shape index (κ1) is 43.4. The summed E-state index contributed by atoms with van der Waals surface area (Å²) in [6.07, 6.45) is -3.69. The number of aliphatic hydroxyl groups excluding tert-OH is 3. The number of aliphatic hydroxyl groups is 5. The highest BCUT2D eigenvalue weighted by Gasteiger charge is 2.68. The number of carbonyl (C=O) groups is 2. The molecule has 8 rings (SSSR count). The summed E-state index contributed by atoms with van der Waals surface area (Å²) < 4.78 is 55.7.